The predicted octanol–water partition coefficient (Wildman–Crippen LogP) is 2.28. The maximum Gasteiger partial charge on any atom is 0.129 e. The van der Waals surface area contributed by atoms with Crippen LogP contribution in [0, 0.1) is 0 Å². The molecule has 2 rings (SSSR count). The molecule has 4 nitrogen and oxygen atoms in total. The summed E-state index contributed by atoms with van der Waals surface area (Å²) in [7, 11) is 0. The van der Waals surface area contributed by atoms with Crippen LogP contribution in [0.4, 0.5) is 5.82 Å². The minimum absolute atomic E-state index is 0.423. The molecule has 0 amide bonds. The maximum atomic E-state index is 5.81. The SMILES string of the molecule is CCC1COCCN1c1cc(CN)cc(C(C)C)n1. The molecule has 19 heavy (non-hydrogen) atoms. The van der Waals surface area contributed by atoms with E-state index in [4.69, 9.17) is 15.5 Å². The summed E-state index contributed by atoms with van der Waals surface area (Å²) >= 11 is 0. The van der Waals surface area contributed by atoms with Gasteiger partial charge in [-0.05, 0) is 30.0 Å². The van der Waals surface area contributed by atoms with E-state index < -0.39 is 0 Å². The summed E-state index contributed by atoms with van der Waals surface area (Å²) in [5.41, 5.74) is 8.10. The number of rotatable bonds is 4. The van der Waals surface area contributed by atoms with Crippen molar-refractivity contribution in [2.45, 2.75) is 45.7 Å². The van der Waals surface area contributed by atoms with E-state index in [1.807, 2.05) is 0 Å². The van der Waals surface area contributed by atoms with E-state index in [1.54, 1.807) is 0 Å². The van der Waals surface area contributed by atoms with Crippen LogP contribution in [0.2, 0.25) is 0 Å². The topological polar surface area (TPSA) is 51.4 Å². The van der Waals surface area contributed by atoms with Gasteiger partial charge in [0.2, 0.25) is 0 Å². The van der Waals surface area contributed by atoms with Crippen molar-refractivity contribution in [2.24, 2.45) is 5.73 Å². The number of nitrogens with two attached hydrogens (primary N) is 1. The van der Waals surface area contributed by atoms with E-state index in [1.165, 1.54) is 0 Å². The van der Waals surface area contributed by atoms with Gasteiger partial charge in [-0.15, -0.1) is 0 Å². The summed E-state index contributed by atoms with van der Waals surface area (Å²) in [5, 5.41) is 0. The highest BCUT2D eigenvalue weighted by molar-refractivity contribution is 5.45. The summed E-state index contributed by atoms with van der Waals surface area (Å²) < 4.78 is 5.56. The first-order valence-electron chi connectivity index (χ1n) is 7.21. The van der Waals surface area contributed by atoms with Crippen LogP contribution in [-0.4, -0.2) is 30.8 Å². The molecule has 1 aromatic rings. The van der Waals surface area contributed by atoms with Gasteiger partial charge in [-0.2, -0.15) is 0 Å². The first kappa shape index (κ1) is 14.3. The first-order chi connectivity index (χ1) is 9.15. The number of aromatic nitrogens is 1. The fourth-order valence-corrected chi connectivity index (χ4v) is 2.45. The lowest BCUT2D eigenvalue weighted by Gasteiger charge is -2.36. The lowest BCUT2D eigenvalue weighted by atomic mass is 10.1. The molecule has 1 aromatic heterocycles. The van der Waals surface area contributed by atoms with Crippen molar-refractivity contribution in [1.29, 1.82) is 0 Å². The van der Waals surface area contributed by atoms with Gasteiger partial charge in [-0.1, -0.05) is 20.8 Å². The van der Waals surface area contributed by atoms with Gasteiger partial charge in [0.05, 0.1) is 19.3 Å². The molecule has 1 aliphatic rings. The Morgan fingerprint density at radius 3 is 2.89 bits per heavy atom. The molecule has 1 unspecified atom stereocenters. The molecular formula is C15H25N3O. The van der Waals surface area contributed by atoms with Crippen molar-refractivity contribution in [1.82, 2.24) is 4.98 Å². The summed E-state index contributed by atoms with van der Waals surface area (Å²) in [5.74, 6) is 1.48. The second-order valence-corrected chi connectivity index (χ2v) is 5.45. The first-order valence-corrected chi connectivity index (χ1v) is 7.21. The van der Waals surface area contributed by atoms with Crippen molar-refractivity contribution >= 4 is 5.82 Å². The van der Waals surface area contributed by atoms with Crippen molar-refractivity contribution in [3.63, 3.8) is 0 Å². The van der Waals surface area contributed by atoms with Crippen LogP contribution in [0.5, 0.6) is 0 Å². The maximum absolute atomic E-state index is 5.81. The Hall–Kier alpha value is -1.13. The van der Waals surface area contributed by atoms with Gasteiger partial charge >= 0.3 is 0 Å². The van der Waals surface area contributed by atoms with Crippen LogP contribution in [0.1, 0.15) is 44.4 Å². The number of ether oxygens (including phenoxy) is 1. The molecule has 1 aliphatic heterocycles. The van der Waals surface area contributed by atoms with E-state index in [-0.39, 0.29) is 0 Å². The molecule has 1 fully saturated rings. The third-order valence-corrected chi connectivity index (χ3v) is 3.71. The molecule has 0 saturated carbocycles. The molecule has 2 N–H and O–H groups in total. The number of nitrogens with zero attached hydrogens (tertiary/aromatic N) is 2. The van der Waals surface area contributed by atoms with Crippen molar-refractivity contribution in [3.05, 3.63) is 23.4 Å². The minimum atomic E-state index is 0.423. The van der Waals surface area contributed by atoms with Crippen molar-refractivity contribution < 1.29 is 4.74 Å². The third-order valence-electron chi connectivity index (χ3n) is 3.71. The Morgan fingerprint density at radius 1 is 1.47 bits per heavy atom. The van der Waals surface area contributed by atoms with E-state index >= 15 is 0 Å². The molecule has 4 heteroatoms. The molecule has 0 aliphatic carbocycles. The molecule has 0 spiro atoms. The van der Waals surface area contributed by atoms with Crippen LogP contribution in [0.15, 0.2) is 12.1 Å². The largest absolute Gasteiger partial charge is 0.377 e. The second-order valence-electron chi connectivity index (χ2n) is 5.45. The Bertz CT molecular complexity index is 420. The standard InChI is InChI=1S/C15H25N3O/c1-4-13-10-19-6-5-18(13)15-8-12(9-16)7-14(17-15)11(2)3/h7-8,11,13H,4-6,9-10,16H2,1-3H3. The molecule has 1 atom stereocenters. The van der Waals surface area contributed by atoms with Crippen molar-refractivity contribution in [3.8, 4) is 0 Å². The Morgan fingerprint density at radius 2 is 2.26 bits per heavy atom. The predicted molar refractivity (Wildman–Crippen MR) is 78.5 cm³/mol. The van der Waals surface area contributed by atoms with Gasteiger partial charge in [0.25, 0.3) is 0 Å². The Balaban J connectivity index is 2.33. The number of hydrogen-bond acceptors (Lipinski definition) is 4. The lowest BCUT2D eigenvalue weighted by molar-refractivity contribution is 0.0925. The summed E-state index contributed by atoms with van der Waals surface area (Å²) in [6.07, 6.45) is 1.07. The Kier molecular flexibility index (Phi) is 4.77. The van der Waals surface area contributed by atoms with Crippen molar-refractivity contribution in [2.75, 3.05) is 24.7 Å². The van der Waals surface area contributed by atoms with E-state index in [0.717, 1.165) is 43.3 Å². The van der Waals surface area contributed by atoms with Gasteiger partial charge in [-0.3, -0.25) is 0 Å². The molecule has 0 bridgehead atoms. The minimum Gasteiger partial charge on any atom is -0.377 e. The molecular weight excluding hydrogens is 238 g/mol. The normalized spacial score (nSPS) is 20.1. The quantitative estimate of drug-likeness (QED) is 0.905. The number of morpholine rings is 1. The monoisotopic (exact) mass is 263 g/mol. The molecule has 2 heterocycles. The van der Waals surface area contributed by atoms with Gasteiger partial charge in [0, 0.05) is 18.8 Å². The van der Waals surface area contributed by atoms with E-state index in [2.05, 4.69) is 37.8 Å². The van der Waals surface area contributed by atoms with Crippen LogP contribution in [-0.2, 0) is 11.3 Å². The summed E-state index contributed by atoms with van der Waals surface area (Å²) in [6.45, 7) is 9.59. The van der Waals surface area contributed by atoms with Crippen LogP contribution >= 0.6 is 0 Å². The fourth-order valence-electron chi connectivity index (χ4n) is 2.45. The van der Waals surface area contributed by atoms with Gasteiger partial charge in [0.1, 0.15) is 5.82 Å². The van der Waals surface area contributed by atoms with E-state index in [9.17, 15) is 0 Å². The molecule has 1 saturated heterocycles. The second kappa shape index (κ2) is 6.35. The zero-order chi connectivity index (χ0) is 13.8. The Labute approximate surface area is 116 Å². The number of anilines is 1. The van der Waals surface area contributed by atoms with Gasteiger partial charge in [0.15, 0.2) is 0 Å². The summed E-state index contributed by atoms with van der Waals surface area (Å²) in [4.78, 5) is 7.19. The zero-order valence-electron chi connectivity index (χ0n) is 12.2. The lowest BCUT2D eigenvalue weighted by Crippen LogP contribution is -2.45. The highest BCUT2D eigenvalue weighted by Gasteiger charge is 2.23. The average Bonchev–Trinajstić information content (AvgIpc) is 2.46. The van der Waals surface area contributed by atoms with Crippen LogP contribution in [0.3, 0.4) is 0 Å². The van der Waals surface area contributed by atoms with Gasteiger partial charge < -0.3 is 15.4 Å². The van der Waals surface area contributed by atoms with Gasteiger partial charge in [-0.25, -0.2) is 4.98 Å². The average molecular weight is 263 g/mol. The third kappa shape index (κ3) is 3.25. The molecule has 0 aromatic carbocycles. The smallest absolute Gasteiger partial charge is 0.129 e. The zero-order valence-corrected chi connectivity index (χ0v) is 12.2. The fraction of sp³-hybridized carbons (Fsp3) is 0.667. The highest BCUT2D eigenvalue weighted by atomic mass is 16.5. The number of hydrogen-bond donors (Lipinski definition) is 1. The number of pyridine rings is 1. The van der Waals surface area contributed by atoms with Crippen LogP contribution in [0.25, 0.3) is 0 Å². The molecule has 106 valence electrons. The molecule has 0 radical (unpaired) electrons. The van der Waals surface area contributed by atoms with Crippen LogP contribution < -0.4 is 10.6 Å². The summed E-state index contributed by atoms with van der Waals surface area (Å²) in [6, 6.07) is 4.67. The highest BCUT2D eigenvalue weighted by Crippen LogP contribution is 2.24. The van der Waals surface area contributed by atoms with E-state index in [0.29, 0.717) is 18.5 Å².